The number of methoxy groups -OCH3 is 1. The first-order chi connectivity index (χ1) is 23.9. The molecule has 1 N–H and O–H groups in total. The van der Waals surface area contributed by atoms with Crippen LogP contribution in [-0.2, 0) is 26.1 Å². The standard InChI is InChI=1S/C22H24N8O2.C10H19NO2.C3H6O2/c1-5-18(32-4)30-27-21(26-28-30)19-17(13-24-29(19)3)15-8-10-16(11-9-15)22(31)25-20-14(2)7-6-12-23-20;1-10(2,3)13-9(12)11-7-5-4-6-8-11;1-2-5-3-4/h6-13,18H,5H2,1-4H3,(H,23,25,31);4-8H2,1-3H3;3H,2H2,1H3. The van der Waals surface area contributed by atoms with Crippen LogP contribution in [0.4, 0.5) is 10.6 Å². The van der Waals surface area contributed by atoms with Gasteiger partial charge in [0.05, 0.1) is 12.8 Å². The number of pyridine rings is 1. The van der Waals surface area contributed by atoms with E-state index < -0.39 is 0 Å². The lowest BCUT2D eigenvalue weighted by Gasteiger charge is -2.29. The van der Waals surface area contributed by atoms with Crippen molar-refractivity contribution in [2.75, 3.05) is 32.1 Å². The molecule has 15 heteroatoms. The number of piperidine rings is 1. The van der Waals surface area contributed by atoms with Crippen LogP contribution < -0.4 is 5.32 Å². The third kappa shape index (κ3) is 11.5. The molecule has 5 rings (SSSR count). The second-order valence-corrected chi connectivity index (χ2v) is 12.3. The molecule has 0 bridgehead atoms. The van der Waals surface area contributed by atoms with Gasteiger partial charge in [-0.15, -0.1) is 15.0 Å². The van der Waals surface area contributed by atoms with Crippen molar-refractivity contribution in [3.05, 3.63) is 59.9 Å². The number of tetrazole rings is 1. The molecule has 0 radical (unpaired) electrons. The smallest absolute Gasteiger partial charge is 0.410 e. The van der Waals surface area contributed by atoms with E-state index in [2.05, 4.69) is 35.5 Å². The summed E-state index contributed by atoms with van der Waals surface area (Å²) in [6.07, 6.45) is 7.12. The van der Waals surface area contributed by atoms with Crippen molar-refractivity contribution in [2.45, 2.75) is 79.1 Å². The molecule has 15 nitrogen and oxygen atoms in total. The second-order valence-electron chi connectivity index (χ2n) is 12.3. The van der Waals surface area contributed by atoms with E-state index in [4.69, 9.17) is 9.47 Å². The van der Waals surface area contributed by atoms with Gasteiger partial charge in [-0.2, -0.15) is 5.10 Å². The van der Waals surface area contributed by atoms with Gasteiger partial charge in [-0.25, -0.2) is 9.78 Å². The molecule has 0 saturated carbocycles. The number of benzene rings is 1. The molecule has 50 heavy (non-hydrogen) atoms. The molecule has 0 spiro atoms. The molecule has 1 saturated heterocycles. The number of hydrogen-bond acceptors (Lipinski definition) is 11. The number of nitrogens with zero attached hydrogens (tertiary/aromatic N) is 8. The molecule has 1 aromatic carbocycles. The lowest BCUT2D eigenvalue weighted by atomic mass is 10.0. The Kier molecular flexibility index (Phi) is 15.0. The van der Waals surface area contributed by atoms with Crippen LogP contribution in [0.2, 0.25) is 0 Å². The third-order valence-electron chi connectivity index (χ3n) is 7.40. The number of aryl methyl sites for hydroxylation is 2. The fraction of sp³-hybridized carbons (Fsp3) is 0.486. The van der Waals surface area contributed by atoms with Crippen LogP contribution in [0.15, 0.2) is 48.8 Å². The topological polar surface area (TPSA) is 168 Å². The van der Waals surface area contributed by atoms with E-state index in [1.165, 1.54) is 11.2 Å². The van der Waals surface area contributed by atoms with Crippen LogP contribution in [0.25, 0.3) is 22.6 Å². The fourth-order valence-corrected chi connectivity index (χ4v) is 4.85. The number of ether oxygens (including phenoxy) is 3. The summed E-state index contributed by atoms with van der Waals surface area (Å²) in [6.45, 7) is 14.0. The summed E-state index contributed by atoms with van der Waals surface area (Å²) in [4.78, 5) is 40.8. The van der Waals surface area contributed by atoms with Crippen LogP contribution in [-0.4, -0.2) is 90.8 Å². The molecule has 4 heterocycles. The van der Waals surface area contributed by atoms with E-state index in [-0.39, 0.29) is 23.8 Å². The number of hydrogen-bond donors (Lipinski definition) is 1. The number of rotatable bonds is 9. The third-order valence-corrected chi connectivity index (χ3v) is 7.40. The second kappa shape index (κ2) is 19.1. The SMILES string of the molecule is CC(C)(C)OC(=O)N1CCCCC1.CCC(OC)n1nnc(-c2c(-c3ccc(C(=O)Nc4ncccc4C)cc3)cnn2C)n1.CCOC=O. The Hall–Kier alpha value is -5.18. The maximum atomic E-state index is 12.6. The van der Waals surface area contributed by atoms with E-state index in [0.29, 0.717) is 36.7 Å². The van der Waals surface area contributed by atoms with Crippen molar-refractivity contribution in [1.82, 2.24) is 39.9 Å². The first-order valence-corrected chi connectivity index (χ1v) is 16.6. The Balaban J connectivity index is 0.000000310. The van der Waals surface area contributed by atoms with E-state index in [9.17, 15) is 14.4 Å². The molecule has 0 aliphatic carbocycles. The predicted molar refractivity (Wildman–Crippen MR) is 188 cm³/mol. The normalized spacial score (nSPS) is 13.2. The minimum absolute atomic E-state index is 0.160. The van der Waals surface area contributed by atoms with Crippen molar-refractivity contribution >= 4 is 24.3 Å². The maximum Gasteiger partial charge on any atom is 0.410 e. The largest absolute Gasteiger partial charge is 0.468 e. The zero-order valence-corrected chi connectivity index (χ0v) is 30.3. The lowest BCUT2D eigenvalue weighted by molar-refractivity contribution is -0.128. The highest BCUT2D eigenvalue weighted by Crippen LogP contribution is 2.30. The Morgan fingerprint density at radius 3 is 2.32 bits per heavy atom. The van der Waals surface area contributed by atoms with Crippen molar-refractivity contribution in [1.29, 1.82) is 0 Å². The molecule has 1 fully saturated rings. The van der Waals surface area contributed by atoms with Gasteiger partial charge in [0.25, 0.3) is 12.4 Å². The lowest BCUT2D eigenvalue weighted by Crippen LogP contribution is -2.39. The average Bonchev–Trinajstić information content (AvgIpc) is 3.73. The number of aromatic nitrogens is 7. The highest BCUT2D eigenvalue weighted by molar-refractivity contribution is 6.04. The quantitative estimate of drug-likeness (QED) is 0.209. The molecule has 1 aliphatic rings. The number of anilines is 1. The molecular weight excluding hydrogens is 642 g/mol. The van der Waals surface area contributed by atoms with Crippen LogP contribution in [0.5, 0.6) is 0 Å². The van der Waals surface area contributed by atoms with Gasteiger partial charge in [-0.05, 0) is 94.8 Å². The minimum atomic E-state index is -0.367. The molecule has 1 aliphatic heterocycles. The van der Waals surface area contributed by atoms with Gasteiger partial charge in [0, 0.05) is 44.6 Å². The first-order valence-electron chi connectivity index (χ1n) is 16.6. The first kappa shape index (κ1) is 39.3. The Bertz CT molecular complexity index is 1650. The summed E-state index contributed by atoms with van der Waals surface area (Å²) in [5, 5.41) is 20.0. The van der Waals surface area contributed by atoms with E-state index in [1.807, 2.05) is 65.9 Å². The summed E-state index contributed by atoms with van der Waals surface area (Å²) >= 11 is 0. The molecule has 2 amide bonds. The molecule has 270 valence electrons. The highest BCUT2D eigenvalue weighted by Gasteiger charge is 2.23. The zero-order valence-electron chi connectivity index (χ0n) is 30.3. The number of carbonyl (C=O) groups is 3. The highest BCUT2D eigenvalue weighted by atomic mass is 16.6. The Labute approximate surface area is 293 Å². The summed E-state index contributed by atoms with van der Waals surface area (Å²) in [5.74, 6) is 0.772. The maximum absolute atomic E-state index is 12.6. The Morgan fingerprint density at radius 2 is 1.76 bits per heavy atom. The van der Waals surface area contributed by atoms with E-state index in [1.54, 1.807) is 48.1 Å². The van der Waals surface area contributed by atoms with Crippen LogP contribution in [0.1, 0.15) is 82.5 Å². The molecule has 4 aromatic rings. The predicted octanol–water partition coefficient (Wildman–Crippen LogP) is 5.84. The summed E-state index contributed by atoms with van der Waals surface area (Å²) in [6, 6.07) is 11.0. The fourth-order valence-electron chi connectivity index (χ4n) is 4.85. The van der Waals surface area contributed by atoms with E-state index in [0.717, 1.165) is 48.3 Å². The Morgan fingerprint density at radius 1 is 1.06 bits per heavy atom. The van der Waals surface area contributed by atoms with E-state index >= 15 is 0 Å². The summed E-state index contributed by atoms with van der Waals surface area (Å²) in [7, 11) is 3.43. The summed E-state index contributed by atoms with van der Waals surface area (Å²) < 4.78 is 16.5. The van der Waals surface area contributed by atoms with Crippen LogP contribution >= 0.6 is 0 Å². The molecule has 1 atom stereocenters. The van der Waals surface area contributed by atoms with Crippen molar-refractivity contribution < 1.29 is 28.6 Å². The van der Waals surface area contributed by atoms with Gasteiger partial charge in [0.2, 0.25) is 5.82 Å². The molecule has 1 unspecified atom stereocenters. The summed E-state index contributed by atoms with van der Waals surface area (Å²) in [5.41, 5.74) is 3.51. The zero-order chi connectivity index (χ0) is 36.7. The van der Waals surface area contributed by atoms with Gasteiger partial charge >= 0.3 is 6.09 Å². The number of nitrogens with one attached hydrogen (secondary N) is 1. The van der Waals surface area contributed by atoms with Crippen molar-refractivity contribution in [3.63, 3.8) is 0 Å². The van der Waals surface area contributed by atoms with Gasteiger partial charge < -0.3 is 24.4 Å². The molecule has 3 aromatic heterocycles. The van der Waals surface area contributed by atoms with Crippen molar-refractivity contribution in [3.8, 4) is 22.6 Å². The van der Waals surface area contributed by atoms with Crippen molar-refractivity contribution in [2.24, 2.45) is 7.05 Å². The van der Waals surface area contributed by atoms with Crippen LogP contribution in [0.3, 0.4) is 0 Å². The number of likely N-dealkylation sites (tertiary alicyclic amines) is 1. The number of amides is 2. The van der Waals surface area contributed by atoms with Gasteiger partial charge in [0.1, 0.15) is 17.1 Å². The molecular formula is C35H49N9O6. The number of carbonyl (C=O) groups excluding carboxylic acids is 3. The van der Waals surface area contributed by atoms with Gasteiger partial charge in [-0.3, -0.25) is 14.3 Å². The van der Waals surface area contributed by atoms with Gasteiger partial charge in [-0.1, -0.05) is 25.1 Å². The van der Waals surface area contributed by atoms with Gasteiger partial charge in [0.15, 0.2) is 6.23 Å². The minimum Gasteiger partial charge on any atom is -0.468 e. The van der Waals surface area contributed by atoms with Crippen LogP contribution in [0, 0.1) is 6.92 Å². The monoisotopic (exact) mass is 691 g/mol. The average molecular weight is 692 g/mol.